The highest BCUT2D eigenvalue weighted by atomic mass is 79.9. The third-order valence-corrected chi connectivity index (χ3v) is 3.48. The summed E-state index contributed by atoms with van der Waals surface area (Å²) < 4.78 is 0.963. The summed E-state index contributed by atoms with van der Waals surface area (Å²) in [6.07, 6.45) is 5.62. The molecule has 4 heteroatoms. The van der Waals surface area contributed by atoms with Crippen LogP contribution in [0.15, 0.2) is 52.1 Å². The van der Waals surface area contributed by atoms with Crippen molar-refractivity contribution in [2.45, 2.75) is 4.90 Å². The van der Waals surface area contributed by atoms with Crippen LogP contribution >= 0.6 is 27.7 Å². The molecule has 1 aromatic carbocycles. The molecule has 2 rings (SSSR count). The first-order valence-electron chi connectivity index (χ1n) is 4.80. The van der Waals surface area contributed by atoms with Crippen LogP contribution in [0.3, 0.4) is 0 Å². The smallest absolute Gasteiger partial charge is 0.0593 e. The Bertz CT molecular complexity index is 488. The molecule has 16 heavy (non-hydrogen) atoms. The number of anilines is 2. The summed E-state index contributed by atoms with van der Waals surface area (Å²) >= 11 is 5.19. The molecule has 0 aliphatic heterocycles. The highest BCUT2D eigenvalue weighted by Gasteiger charge is 2.00. The van der Waals surface area contributed by atoms with E-state index in [2.05, 4.69) is 44.6 Å². The summed E-state index contributed by atoms with van der Waals surface area (Å²) in [4.78, 5) is 5.27. The van der Waals surface area contributed by atoms with Gasteiger partial charge < -0.3 is 5.32 Å². The molecule has 82 valence electrons. The minimum Gasteiger partial charge on any atom is -0.354 e. The molecule has 0 aliphatic rings. The lowest BCUT2D eigenvalue weighted by Crippen LogP contribution is -1.91. The second-order valence-electron chi connectivity index (χ2n) is 3.21. The second-order valence-corrected chi connectivity index (χ2v) is 4.95. The van der Waals surface area contributed by atoms with E-state index < -0.39 is 0 Å². The number of thioether (sulfide) groups is 1. The van der Waals surface area contributed by atoms with Crippen molar-refractivity contribution in [1.29, 1.82) is 0 Å². The van der Waals surface area contributed by atoms with Gasteiger partial charge in [0.1, 0.15) is 0 Å². The second kappa shape index (κ2) is 5.37. The number of hydrogen-bond donors (Lipinski definition) is 1. The van der Waals surface area contributed by atoms with Gasteiger partial charge in [-0.2, -0.15) is 0 Å². The normalized spacial score (nSPS) is 10.1. The van der Waals surface area contributed by atoms with Crippen LogP contribution in [0.2, 0.25) is 0 Å². The summed E-state index contributed by atoms with van der Waals surface area (Å²) in [5.74, 6) is 0. The molecule has 1 aromatic heterocycles. The lowest BCUT2D eigenvalue weighted by atomic mass is 10.3. The highest BCUT2D eigenvalue weighted by molar-refractivity contribution is 9.10. The molecule has 0 unspecified atom stereocenters. The van der Waals surface area contributed by atoms with E-state index in [1.807, 2.05) is 18.2 Å². The maximum Gasteiger partial charge on any atom is 0.0593 e. The minimum absolute atomic E-state index is 0.963. The Morgan fingerprint density at radius 1 is 1.31 bits per heavy atom. The molecule has 0 fully saturated rings. The summed E-state index contributed by atoms with van der Waals surface area (Å²) in [5.41, 5.74) is 2.10. The van der Waals surface area contributed by atoms with Gasteiger partial charge in [0.25, 0.3) is 0 Å². The zero-order valence-electron chi connectivity index (χ0n) is 8.77. The van der Waals surface area contributed by atoms with Gasteiger partial charge in [-0.05, 0) is 46.5 Å². The average Bonchev–Trinajstić information content (AvgIpc) is 2.32. The number of nitrogens with one attached hydrogen (secondary N) is 1. The van der Waals surface area contributed by atoms with Crippen LogP contribution < -0.4 is 5.32 Å². The molecular formula is C12H11BrN2S. The quantitative estimate of drug-likeness (QED) is 0.854. The van der Waals surface area contributed by atoms with E-state index in [0.29, 0.717) is 0 Å². The molecular weight excluding hydrogens is 284 g/mol. The first-order valence-corrected chi connectivity index (χ1v) is 6.82. The number of hydrogen-bond acceptors (Lipinski definition) is 3. The van der Waals surface area contributed by atoms with Crippen molar-refractivity contribution in [2.75, 3.05) is 11.6 Å². The molecule has 2 nitrogen and oxygen atoms in total. The van der Waals surface area contributed by atoms with E-state index >= 15 is 0 Å². The van der Waals surface area contributed by atoms with Crippen molar-refractivity contribution < 1.29 is 0 Å². The predicted octanol–water partition coefficient (Wildman–Crippen LogP) is 4.31. The van der Waals surface area contributed by atoms with E-state index in [1.54, 1.807) is 24.2 Å². The van der Waals surface area contributed by atoms with Crippen LogP contribution in [-0.4, -0.2) is 11.2 Å². The fourth-order valence-electron chi connectivity index (χ4n) is 1.33. The zero-order chi connectivity index (χ0) is 11.4. The zero-order valence-corrected chi connectivity index (χ0v) is 11.2. The van der Waals surface area contributed by atoms with E-state index in [0.717, 1.165) is 15.8 Å². The topological polar surface area (TPSA) is 24.9 Å². The molecule has 0 atom stereocenters. The van der Waals surface area contributed by atoms with Gasteiger partial charge in [-0.25, -0.2) is 0 Å². The van der Waals surface area contributed by atoms with Crippen molar-refractivity contribution in [3.63, 3.8) is 0 Å². The number of pyridine rings is 1. The lowest BCUT2D eigenvalue weighted by molar-refractivity contribution is 1.30. The number of rotatable bonds is 3. The molecule has 0 saturated carbocycles. The minimum atomic E-state index is 0.963. The summed E-state index contributed by atoms with van der Waals surface area (Å²) in [7, 11) is 0. The van der Waals surface area contributed by atoms with Crippen LogP contribution in [0.5, 0.6) is 0 Å². The van der Waals surface area contributed by atoms with Crippen LogP contribution in [0.4, 0.5) is 11.4 Å². The van der Waals surface area contributed by atoms with Gasteiger partial charge >= 0.3 is 0 Å². The van der Waals surface area contributed by atoms with Gasteiger partial charge in [-0.1, -0.05) is 6.07 Å². The summed E-state index contributed by atoms with van der Waals surface area (Å²) in [6, 6.07) is 10.3. The van der Waals surface area contributed by atoms with Crippen molar-refractivity contribution >= 4 is 39.1 Å². The predicted molar refractivity (Wildman–Crippen MR) is 73.4 cm³/mol. The Balaban J connectivity index is 2.24. The monoisotopic (exact) mass is 294 g/mol. The SMILES string of the molecule is CSc1cccc(Nc2ccncc2Br)c1. The first kappa shape index (κ1) is 11.5. The molecule has 1 N–H and O–H groups in total. The molecule has 0 radical (unpaired) electrons. The Labute approximate surface area is 108 Å². The van der Waals surface area contributed by atoms with Gasteiger partial charge in [0.05, 0.1) is 10.2 Å². The maximum absolute atomic E-state index is 4.03. The van der Waals surface area contributed by atoms with E-state index in [9.17, 15) is 0 Å². The molecule has 1 heterocycles. The Kier molecular flexibility index (Phi) is 3.85. The fourth-order valence-corrected chi connectivity index (χ4v) is 2.14. The lowest BCUT2D eigenvalue weighted by Gasteiger charge is -2.08. The van der Waals surface area contributed by atoms with Gasteiger partial charge in [0.15, 0.2) is 0 Å². The number of aromatic nitrogens is 1. The third-order valence-electron chi connectivity index (χ3n) is 2.12. The largest absolute Gasteiger partial charge is 0.354 e. The van der Waals surface area contributed by atoms with Crippen molar-refractivity contribution in [1.82, 2.24) is 4.98 Å². The number of halogens is 1. The fraction of sp³-hybridized carbons (Fsp3) is 0.0833. The third kappa shape index (κ3) is 2.77. The van der Waals surface area contributed by atoms with Gasteiger partial charge in [0, 0.05) is 23.0 Å². The highest BCUT2D eigenvalue weighted by Crippen LogP contribution is 2.26. The molecule has 0 spiro atoms. The molecule has 0 saturated heterocycles. The standard InChI is InChI=1S/C12H11BrN2S/c1-16-10-4-2-3-9(7-10)15-12-5-6-14-8-11(12)13/h2-8H,1H3,(H,14,15). The Hall–Kier alpha value is -1.00. The Morgan fingerprint density at radius 3 is 2.94 bits per heavy atom. The average molecular weight is 295 g/mol. The van der Waals surface area contributed by atoms with E-state index in [1.165, 1.54) is 4.90 Å². The summed E-state index contributed by atoms with van der Waals surface area (Å²) in [6.45, 7) is 0. The maximum atomic E-state index is 4.03. The molecule has 2 aromatic rings. The van der Waals surface area contributed by atoms with Gasteiger partial charge in [0.2, 0.25) is 0 Å². The summed E-state index contributed by atoms with van der Waals surface area (Å²) in [5, 5.41) is 3.35. The van der Waals surface area contributed by atoms with Crippen LogP contribution in [0, 0.1) is 0 Å². The van der Waals surface area contributed by atoms with Crippen LogP contribution in [-0.2, 0) is 0 Å². The van der Waals surface area contributed by atoms with Gasteiger partial charge in [-0.15, -0.1) is 11.8 Å². The van der Waals surface area contributed by atoms with Gasteiger partial charge in [-0.3, -0.25) is 4.98 Å². The first-order chi connectivity index (χ1) is 7.79. The van der Waals surface area contributed by atoms with Crippen molar-refractivity contribution in [3.8, 4) is 0 Å². The Morgan fingerprint density at radius 2 is 2.19 bits per heavy atom. The van der Waals surface area contributed by atoms with Crippen LogP contribution in [0.25, 0.3) is 0 Å². The molecule has 0 amide bonds. The van der Waals surface area contributed by atoms with Crippen molar-refractivity contribution in [2.24, 2.45) is 0 Å². The number of benzene rings is 1. The van der Waals surface area contributed by atoms with Crippen LogP contribution in [0.1, 0.15) is 0 Å². The molecule has 0 aliphatic carbocycles. The van der Waals surface area contributed by atoms with E-state index in [4.69, 9.17) is 0 Å². The molecule has 0 bridgehead atoms. The number of nitrogens with zero attached hydrogens (tertiary/aromatic N) is 1. The van der Waals surface area contributed by atoms with E-state index in [-0.39, 0.29) is 0 Å². The van der Waals surface area contributed by atoms with Crippen molar-refractivity contribution in [3.05, 3.63) is 47.2 Å².